The van der Waals surface area contributed by atoms with E-state index >= 15 is 0 Å². The van der Waals surface area contributed by atoms with Crippen molar-refractivity contribution in [2.24, 2.45) is 5.92 Å². The highest BCUT2D eigenvalue weighted by Crippen LogP contribution is 2.19. The minimum Gasteiger partial charge on any atom is -0.497 e. The minimum absolute atomic E-state index is 0.0958. The summed E-state index contributed by atoms with van der Waals surface area (Å²) in [5.74, 6) is 0.402. The fourth-order valence-electron chi connectivity index (χ4n) is 1.40. The molecule has 0 aromatic heterocycles. The van der Waals surface area contributed by atoms with E-state index in [4.69, 9.17) is 10.5 Å². The van der Waals surface area contributed by atoms with E-state index in [9.17, 15) is 9.90 Å². The lowest BCUT2D eigenvalue weighted by Gasteiger charge is -2.15. The largest absolute Gasteiger partial charge is 0.497 e. The van der Waals surface area contributed by atoms with Crippen LogP contribution >= 0.6 is 0 Å². The molecule has 1 amide bonds. The van der Waals surface area contributed by atoms with Gasteiger partial charge in [-0.2, -0.15) is 0 Å². The number of benzene rings is 1. The summed E-state index contributed by atoms with van der Waals surface area (Å²) in [6.07, 6.45) is -0.562. The van der Waals surface area contributed by atoms with Gasteiger partial charge in [-0.25, -0.2) is 0 Å². The SMILES string of the molecule is COc1ccc(C(=O)NCC(O)C(C)C)c(N)c1. The molecule has 1 atom stereocenters. The highest BCUT2D eigenvalue weighted by atomic mass is 16.5. The number of aliphatic hydroxyl groups is 1. The first-order chi connectivity index (χ1) is 8.45. The van der Waals surface area contributed by atoms with Crippen LogP contribution in [-0.2, 0) is 0 Å². The maximum atomic E-state index is 11.8. The van der Waals surface area contributed by atoms with Crippen LogP contribution in [0.3, 0.4) is 0 Å². The number of aliphatic hydroxyl groups excluding tert-OH is 1. The van der Waals surface area contributed by atoms with Crippen LogP contribution < -0.4 is 15.8 Å². The first-order valence-corrected chi connectivity index (χ1v) is 5.85. The van der Waals surface area contributed by atoms with Crippen LogP contribution in [0.25, 0.3) is 0 Å². The molecule has 0 saturated heterocycles. The van der Waals surface area contributed by atoms with E-state index in [-0.39, 0.29) is 18.4 Å². The molecule has 1 aromatic rings. The molecule has 18 heavy (non-hydrogen) atoms. The molecule has 0 aliphatic carbocycles. The Labute approximate surface area is 107 Å². The zero-order valence-electron chi connectivity index (χ0n) is 10.9. The summed E-state index contributed by atoms with van der Waals surface area (Å²) in [7, 11) is 1.54. The third-order valence-corrected chi connectivity index (χ3v) is 2.74. The molecule has 5 nitrogen and oxygen atoms in total. The first kappa shape index (κ1) is 14.3. The Morgan fingerprint density at radius 1 is 1.50 bits per heavy atom. The summed E-state index contributed by atoms with van der Waals surface area (Å²) in [6, 6.07) is 4.86. The van der Waals surface area contributed by atoms with Crippen LogP contribution in [-0.4, -0.2) is 30.8 Å². The Bertz CT molecular complexity index is 419. The number of nitrogen functional groups attached to an aromatic ring is 1. The van der Waals surface area contributed by atoms with Crippen molar-refractivity contribution >= 4 is 11.6 Å². The maximum Gasteiger partial charge on any atom is 0.253 e. The summed E-state index contributed by atoms with van der Waals surface area (Å²) in [5, 5.41) is 12.3. The molecule has 0 spiro atoms. The van der Waals surface area contributed by atoms with Gasteiger partial charge in [0.2, 0.25) is 0 Å². The van der Waals surface area contributed by atoms with Crippen molar-refractivity contribution in [1.29, 1.82) is 0 Å². The highest BCUT2D eigenvalue weighted by Gasteiger charge is 2.14. The van der Waals surface area contributed by atoms with Crippen molar-refractivity contribution in [3.8, 4) is 5.75 Å². The summed E-state index contributed by atoms with van der Waals surface area (Å²) in [5.41, 5.74) is 6.49. The van der Waals surface area contributed by atoms with Gasteiger partial charge in [-0.1, -0.05) is 13.8 Å². The molecular weight excluding hydrogens is 232 g/mol. The van der Waals surface area contributed by atoms with E-state index < -0.39 is 6.10 Å². The summed E-state index contributed by atoms with van der Waals surface area (Å²) in [4.78, 5) is 11.8. The van der Waals surface area contributed by atoms with Crippen molar-refractivity contribution in [2.45, 2.75) is 20.0 Å². The molecule has 0 radical (unpaired) electrons. The third-order valence-electron chi connectivity index (χ3n) is 2.74. The van der Waals surface area contributed by atoms with Gasteiger partial charge in [0.05, 0.1) is 18.8 Å². The lowest BCUT2D eigenvalue weighted by Crippen LogP contribution is -2.35. The summed E-state index contributed by atoms with van der Waals surface area (Å²) < 4.78 is 5.01. The normalized spacial score (nSPS) is 12.3. The lowest BCUT2D eigenvalue weighted by molar-refractivity contribution is 0.0872. The van der Waals surface area contributed by atoms with Gasteiger partial charge >= 0.3 is 0 Å². The van der Waals surface area contributed by atoms with E-state index in [1.807, 2.05) is 13.8 Å². The standard InChI is InChI=1S/C13H20N2O3/c1-8(2)12(16)7-15-13(17)10-5-4-9(18-3)6-11(10)14/h4-6,8,12,16H,7,14H2,1-3H3,(H,15,17). The topological polar surface area (TPSA) is 84.6 Å². The number of anilines is 1. The van der Waals surface area contributed by atoms with E-state index in [0.717, 1.165) is 0 Å². The second-order valence-electron chi connectivity index (χ2n) is 4.47. The lowest BCUT2D eigenvalue weighted by atomic mass is 10.1. The molecular formula is C13H20N2O3. The predicted octanol–water partition coefficient (Wildman–Crippen LogP) is 1.02. The number of ether oxygens (including phenoxy) is 1. The molecule has 0 saturated carbocycles. The molecule has 0 fully saturated rings. The van der Waals surface area contributed by atoms with Crippen LogP contribution in [0, 0.1) is 5.92 Å². The molecule has 1 aromatic carbocycles. The predicted molar refractivity (Wildman–Crippen MR) is 70.6 cm³/mol. The Balaban J connectivity index is 2.67. The third kappa shape index (κ3) is 3.63. The second-order valence-corrected chi connectivity index (χ2v) is 4.47. The van der Waals surface area contributed by atoms with Crippen LogP contribution in [0.5, 0.6) is 5.75 Å². The smallest absolute Gasteiger partial charge is 0.253 e. The molecule has 1 unspecified atom stereocenters. The number of methoxy groups -OCH3 is 1. The summed E-state index contributed by atoms with van der Waals surface area (Å²) in [6.45, 7) is 3.99. The zero-order chi connectivity index (χ0) is 13.7. The van der Waals surface area contributed by atoms with Crippen LogP contribution in [0.15, 0.2) is 18.2 Å². The van der Waals surface area contributed by atoms with Crippen molar-refractivity contribution in [3.63, 3.8) is 0 Å². The average molecular weight is 252 g/mol. The number of hydrogen-bond donors (Lipinski definition) is 3. The second kappa shape index (κ2) is 6.26. The van der Waals surface area contributed by atoms with Crippen molar-refractivity contribution in [1.82, 2.24) is 5.32 Å². The molecule has 4 N–H and O–H groups in total. The van der Waals surface area contributed by atoms with Gasteiger partial charge in [0, 0.05) is 18.3 Å². The fourth-order valence-corrected chi connectivity index (χ4v) is 1.40. The number of carbonyl (C=O) groups is 1. The average Bonchev–Trinajstić information content (AvgIpc) is 2.34. The van der Waals surface area contributed by atoms with Gasteiger partial charge in [0.25, 0.3) is 5.91 Å². The maximum absolute atomic E-state index is 11.8. The Kier molecular flexibility index (Phi) is 4.97. The van der Waals surface area contributed by atoms with Crippen LogP contribution in [0.4, 0.5) is 5.69 Å². The molecule has 0 aliphatic rings. The van der Waals surface area contributed by atoms with Gasteiger partial charge < -0.3 is 20.9 Å². The Morgan fingerprint density at radius 2 is 2.17 bits per heavy atom. The van der Waals surface area contributed by atoms with Crippen LogP contribution in [0.2, 0.25) is 0 Å². The van der Waals surface area contributed by atoms with Crippen molar-refractivity contribution < 1.29 is 14.6 Å². The first-order valence-electron chi connectivity index (χ1n) is 5.85. The van der Waals surface area contributed by atoms with Gasteiger partial charge in [-0.05, 0) is 18.1 Å². The Hall–Kier alpha value is -1.75. The van der Waals surface area contributed by atoms with E-state index in [0.29, 0.717) is 17.0 Å². The van der Waals surface area contributed by atoms with Gasteiger partial charge in [-0.15, -0.1) is 0 Å². The molecule has 1 rings (SSSR count). The summed E-state index contributed by atoms with van der Waals surface area (Å²) >= 11 is 0. The van der Waals surface area contributed by atoms with E-state index in [2.05, 4.69) is 5.32 Å². The Morgan fingerprint density at radius 3 is 2.67 bits per heavy atom. The highest BCUT2D eigenvalue weighted by molar-refractivity contribution is 5.99. The minimum atomic E-state index is -0.562. The number of carbonyl (C=O) groups excluding carboxylic acids is 1. The molecule has 100 valence electrons. The quantitative estimate of drug-likeness (QED) is 0.683. The number of rotatable bonds is 5. The van der Waals surface area contributed by atoms with Crippen molar-refractivity contribution in [3.05, 3.63) is 23.8 Å². The van der Waals surface area contributed by atoms with E-state index in [1.165, 1.54) is 7.11 Å². The van der Waals surface area contributed by atoms with E-state index in [1.54, 1.807) is 18.2 Å². The monoisotopic (exact) mass is 252 g/mol. The van der Waals surface area contributed by atoms with Crippen LogP contribution in [0.1, 0.15) is 24.2 Å². The molecule has 5 heteroatoms. The molecule has 0 aliphatic heterocycles. The number of hydrogen-bond acceptors (Lipinski definition) is 4. The number of amides is 1. The number of nitrogens with two attached hydrogens (primary N) is 1. The number of nitrogens with one attached hydrogen (secondary N) is 1. The zero-order valence-corrected chi connectivity index (χ0v) is 10.9. The van der Waals surface area contributed by atoms with Gasteiger partial charge in [0.1, 0.15) is 5.75 Å². The van der Waals surface area contributed by atoms with Gasteiger partial charge in [-0.3, -0.25) is 4.79 Å². The fraction of sp³-hybridized carbons (Fsp3) is 0.462. The van der Waals surface area contributed by atoms with Gasteiger partial charge in [0.15, 0.2) is 0 Å². The molecule has 0 bridgehead atoms. The molecule has 0 heterocycles. The van der Waals surface area contributed by atoms with Crippen molar-refractivity contribution in [2.75, 3.05) is 19.4 Å².